The van der Waals surface area contributed by atoms with Crippen molar-refractivity contribution in [1.29, 1.82) is 0 Å². The summed E-state index contributed by atoms with van der Waals surface area (Å²) in [5.74, 6) is -1.33. The Balaban J connectivity index is 1.29. The topological polar surface area (TPSA) is 190 Å². The summed E-state index contributed by atoms with van der Waals surface area (Å²) in [5.41, 5.74) is 6.11. The van der Waals surface area contributed by atoms with Crippen LogP contribution in [-0.2, 0) is 24.2 Å². The molecular weight excluding hydrogens is 439 g/mol. The maximum atomic E-state index is 12.4. The maximum Gasteiger partial charge on any atom is 0.547 e. The Labute approximate surface area is 185 Å². The van der Waals surface area contributed by atoms with Gasteiger partial charge in [-0.3, -0.25) is 4.79 Å². The largest absolute Gasteiger partial charge is 0.547 e. The number of thiazole rings is 1. The third kappa shape index (κ3) is 4.95. The molecule has 0 radical (unpaired) electrons. The first kappa shape index (κ1) is 21.5. The van der Waals surface area contributed by atoms with Crippen LogP contribution in [0.15, 0.2) is 23.6 Å². The molecule has 1 atom stereocenters. The monoisotopic (exact) mass is 458 g/mol. The third-order valence-electron chi connectivity index (χ3n) is 4.65. The van der Waals surface area contributed by atoms with E-state index in [9.17, 15) is 19.7 Å². The quantitative estimate of drug-likeness (QED) is 0.266. The molecule has 0 saturated carbocycles. The molecule has 32 heavy (non-hydrogen) atoms. The van der Waals surface area contributed by atoms with Gasteiger partial charge in [0.05, 0.1) is 24.5 Å². The smallest absolute Gasteiger partial charge is 0.534 e. The number of carboxylic acid groups (broad SMARTS) is 1. The van der Waals surface area contributed by atoms with E-state index in [-0.39, 0.29) is 30.0 Å². The highest BCUT2D eigenvalue weighted by Gasteiger charge is 2.37. The van der Waals surface area contributed by atoms with Gasteiger partial charge < -0.3 is 31.2 Å². The molecule has 0 aliphatic carbocycles. The fourth-order valence-electron chi connectivity index (χ4n) is 3.21. The zero-order valence-electron chi connectivity index (χ0n) is 16.6. The van der Waals surface area contributed by atoms with Gasteiger partial charge >= 0.3 is 13.1 Å². The number of rotatable bonds is 8. The molecule has 0 spiro atoms. The number of nitrogens with two attached hydrogens (primary N) is 1. The molecule has 13 nitrogen and oxygen atoms in total. The number of anilines is 2. The predicted octanol–water partition coefficient (Wildman–Crippen LogP) is -0.796. The third-order valence-corrected chi connectivity index (χ3v) is 5.32. The van der Waals surface area contributed by atoms with Gasteiger partial charge in [-0.25, -0.2) is 9.78 Å². The minimum absolute atomic E-state index is 0.0418. The SMILES string of the molecule is Nc1nc(NCCn2nnc(CC(=O)N[C@H]3Cc4cccc(C(=O)O)c4OB3O)n2)cs1. The normalized spacial score (nSPS) is 15.0. The zero-order valence-corrected chi connectivity index (χ0v) is 17.4. The Morgan fingerprint density at radius 1 is 1.41 bits per heavy atom. The lowest BCUT2D eigenvalue weighted by atomic mass is 9.72. The van der Waals surface area contributed by atoms with Gasteiger partial charge in [0.15, 0.2) is 11.0 Å². The lowest BCUT2D eigenvalue weighted by Crippen LogP contribution is -2.53. The number of hydrogen-bond acceptors (Lipinski definition) is 11. The van der Waals surface area contributed by atoms with Crippen LogP contribution in [0.3, 0.4) is 0 Å². The van der Waals surface area contributed by atoms with E-state index in [0.29, 0.717) is 29.6 Å². The van der Waals surface area contributed by atoms with Gasteiger partial charge in [-0.05, 0) is 23.3 Å². The van der Waals surface area contributed by atoms with Crippen molar-refractivity contribution in [3.63, 3.8) is 0 Å². The predicted molar refractivity (Wildman–Crippen MR) is 114 cm³/mol. The first-order chi connectivity index (χ1) is 15.4. The minimum Gasteiger partial charge on any atom is -0.534 e. The van der Waals surface area contributed by atoms with Crippen LogP contribution in [0.4, 0.5) is 10.9 Å². The zero-order chi connectivity index (χ0) is 22.7. The number of fused-ring (bicyclic) bond motifs is 1. The Morgan fingerprint density at radius 2 is 2.25 bits per heavy atom. The average molecular weight is 458 g/mol. The summed E-state index contributed by atoms with van der Waals surface area (Å²) < 4.78 is 5.37. The number of nitrogens with one attached hydrogen (secondary N) is 2. The number of carbonyl (C=O) groups excluding carboxylic acids is 1. The van der Waals surface area contributed by atoms with E-state index in [1.807, 2.05) is 0 Å². The number of nitrogen functional groups attached to an aromatic ring is 1. The van der Waals surface area contributed by atoms with Gasteiger partial charge in [-0.2, -0.15) is 4.80 Å². The number of benzene rings is 1. The van der Waals surface area contributed by atoms with Crippen LogP contribution in [0.2, 0.25) is 0 Å². The first-order valence-electron chi connectivity index (χ1n) is 9.60. The summed E-state index contributed by atoms with van der Waals surface area (Å²) >= 11 is 1.33. The van der Waals surface area contributed by atoms with Crippen LogP contribution in [0.25, 0.3) is 0 Å². The summed E-state index contributed by atoms with van der Waals surface area (Å²) in [6, 6.07) is 4.67. The summed E-state index contributed by atoms with van der Waals surface area (Å²) in [6.07, 6.45) is 0.0809. The molecular formula is C17H19BN8O5S. The Hall–Kier alpha value is -3.72. The summed E-state index contributed by atoms with van der Waals surface area (Å²) in [5, 5.41) is 39.4. The standard InChI is InChI=1S/C17H19BN8O5S/c19-17-22-13(8-32-17)20-4-5-26-24-12(23-25-26)7-14(27)21-11-6-9-2-1-3-10(16(28)29)15(9)31-18(11)30/h1-3,8,11,20,30H,4-7H2,(H2,19,22)(H,21,27)(H,28,29)/t11-/m0/s1. The van der Waals surface area contributed by atoms with Gasteiger partial charge in [0.1, 0.15) is 11.6 Å². The van der Waals surface area contributed by atoms with Crippen molar-refractivity contribution >= 4 is 41.3 Å². The lowest BCUT2D eigenvalue weighted by molar-refractivity contribution is -0.121. The molecule has 0 bridgehead atoms. The number of aromatic nitrogens is 5. The number of carboxylic acids is 1. The number of tetrazole rings is 1. The Morgan fingerprint density at radius 3 is 3.00 bits per heavy atom. The van der Waals surface area contributed by atoms with Crippen molar-refractivity contribution in [3.05, 3.63) is 40.5 Å². The van der Waals surface area contributed by atoms with Crippen LogP contribution in [0, 0.1) is 0 Å². The lowest BCUT2D eigenvalue weighted by Gasteiger charge is -2.28. The second-order valence-electron chi connectivity index (χ2n) is 6.96. The number of nitrogens with zero attached hydrogens (tertiary/aromatic N) is 5. The molecule has 1 aromatic carbocycles. The van der Waals surface area contributed by atoms with Crippen molar-refractivity contribution in [2.45, 2.75) is 25.3 Å². The average Bonchev–Trinajstić information content (AvgIpc) is 3.36. The van der Waals surface area contributed by atoms with E-state index in [0.717, 1.165) is 0 Å². The van der Waals surface area contributed by atoms with E-state index >= 15 is 0 Å². The van der Waals surface area contributed by atoms with Crippen molar-refractivity contribution in [2.24, 2.45) is 0 Å². The first-order valence-corrected chi connectivity index (χ1v) is 10.5. The van der Waals surface area contributed by atoms with Crippen molar-refractivity contribution in [2.75, 3.05) is 17.6 Å². The van der Waals surface area contributed by atoms with Gasteiger partial charge in [0, 0.05) is 11.9 Å². The summed E-state index contributed by atoms with van der Waals surface area (Å²) in [6.45, 7) is 0.901. The molecule has 2 aromatic heterocycles. The highest BCUT2D eigenvalue weighted by molar-refractivity contribution is 7.13. The fraction of sp³-hybridized carbons (Fsp3) is 0.294. The van der Waals surface area contributed by atoms with Crippen LogP contribution in [-0.4, -0.2) is 66.8 Å². The number of carbonyl (C=O) groups is 2. The molecule has 0 saturated heterocycles. The van der Waals surface area contributed by atoms with Gasteiger partial charge in [0.25, 0.3) is 0 Å². The Bertz CT molecular complexity index is 1140. The molecule has 1 aliphatic heterocycles. The van der Waals surface area contributed by atoms with Crippen molar-refractivity contribution in [1.82, 2.24) is 30.5 Å². The van der Waals surface area contributed by atoms with Crippen LogP contribution < -0.4 is 21.0 Å². The van der Waals surface area contributed by atoms with E-state index in [4.69, 9.17) is 10.4 Å². The van der Waals surface area contributed by atoms with E-state index in [1.165, 1.54) is 22.2 Å². The molecule has 166 valence electrons. The highest BCUT2D eigenvalue weighted by Crippen LogP contribution is 2.30. The molecule has 15 heteroatoms. The highest BCUT2D eigenvalue weighted by atomic mass is 32.1. The molecule has 0 fully saturated rings. The molecule has 1 aliphatic rings. The van der Waals surface area contributed by atoms with Gasteiger partial charge in [-0.15, -0.1) is 21.5 Å². The Kier molecular flexibility index (Phi) is 6.18. The summed E-state index contributed by atoms with van der Waals surface area (Å²) in [4.78, 5) is 29.2. The molecule has 3 aromatic rings. The number of aromatic carboxylic acids is 1. The minimum atomic E-state index is -1.39. The molecule has 1 amide bonds. The van der Waals surface area contributed by atoms with Gasteiger partial charge in [-0.1, -0.05) is 12.1 Å². The van der Waals surface area contributed by atoms with Crippen LogP contribution in [0.1, 0.15) is 21.7 Å². The molecule has 3 heterocycles. The maximum absolute atomic E-state index is 12.4. The number of hydrogen-bond donors (Lipinski definition) is 5. The second-order valence-corrected chi connectivity index (χ2v) is 7.85. The second kappa shape index (κ2) is 9.19. The van der Waals surface area contributed by atoms with Crippen molar-refractivity contribution in [3.8, 4) is 5.75 Å². The number of para-hydroxylation sites is 1. The van der Waals surface area contributed by atoms with E-state index in [1.54, 1.807) is 17.5 Å². The number of amides is 1. The van der Waals surface area contributed by atoms with E-state index < -0.39 is 24.9 Å². The molecule has 6 N–H and O–H groups in total. The summed E-state index contributed by atoms with van der Waals surface area (Å²) in [7, 11) is -1.39. The van der Waals surface area contributed by atoms with E-state index in [2.05, 4.69) is 31.0 Å². The fourth-order valence-corrected chi connectivity index (χ4v) is 3.73. The molecule has 4 rings (SSSR count). The van der Waals surface area contributed by atoms with Gasteiger partial charge in [0.2, 0.25) is 5.91 Å². The molecule has 0 unspecified atom stereocenters. The van der Waals surface area contributed by atoms with Crippen LogP contribution in [0.5, 0.6) is 5.75 Å². The van der Waals surface area contributed by atoms with Crippen LogP contribution >= 0.6 is 11.3 Å². The van der Waals surface area contributed by atoms with Crippen molar-refractivity contribution < 1.29 is 24.4 Å².